The number of aliphatic hydroxyl groups is 5. The maximum atomic E-state index is 13.3. The van der Waals surface area contributed by atoms with Crippen molar-refractivity contribution in [2.24, 2.45) is 0 Å². The van der Waals surface area contributed by atoms with Crippen LogP contribution in [0.15, 0.2) is 24.3 Å². The van der Waals surface area contributed by atoms with E-state index in [9.17, 15) is 40.2 Å². The molecular formula is C21H24O13. The zero-order valence-corrected chi connectivity index (χ0v) is 17.6. The van der Waals surface area contributed by atoms with Crippen LogP contribution in [0.3, 0.4) is 0 Å². The maximum Gasteiger partial charge on any atom is 0.357 e. The van der Waals surface area contributed by atoms with E-state index in [0.29, 0.717) is 5.56 Å². The van der Waals surface area contributed by atoms with Gasteiger partial charge in [0.1, 0.15) is 36.3 Å². The molecule has 0 amide bonds. The highest BCUT2D eigenvalue weighted by atomic mass is 16.8. The Kier molecular flexibility index (Phi) is 5.57. The van der Waals surface area contributed by atoms with Crippen molar-refractivity contribution in [1.29, 1.82) is 0 Å². The monoisotopic (exact) mass is 484 g/mol. The van der Waals surface area contributed by atoms with Crippen molar-refractivity contribution >= 4 is 11.9 Å². The van der Waals surface area contributed by atoms with E-state index in [0.717, 1.165) is 0 Å². The van der Waals surface area contributed by atoms with Crippen molar-refractivity contribution in [1.82, 2.24) is 0 Å². The first-order chi connectivity index (χ1) is 16.1. The van der Waals surface area contributed by atoms with Crippen LogP contribution in [0.25, 0.3) is 0 Å². The first-order valence-corrected chi connectivity index (χ1v) is 10.7. The van der Waals surface area contributed by atoms with Gasteiger partial charge in [-0.3, -0.25) is 4.79 Å². The molecule has 4 heterocycles. The molecule has 13 nitrogen and oxygen atoms in total. The highest BCUT2D eigenvalue weighted by Gasteiger charge is 2.82. The molecule has 0 saturated carbocycles. The van der Waals surface area contributed by atoms with Gasteiger partial charge in [-0.05, 0) is 17.7 Å². The van der Waals surface area contributed by atoms with Crippen molar-refractivity contribution in [3.8, 4) is 5.75 Å². The Morgan fingerprint density at radius 2 is 1.74 bits per heavy atom. The molecule has 34 heavy (non-hydrogen) atoms. The third-order valence-corrected chi connectivity index (χ3v) is 6.82. The molecule has 13 heteroatoms. The Hall–Kier alpha value is -2.36. The molecule has 1 spiro atoms. The molecule has 4 fully saturated rings. The van der Waals surface area contributed by atoms with Gasteiger partial charge in [0.05, 0.1) is 25.6 Å². The van der Waals surface area contributed by atoms with Gasteiger partial charge in [-0.25, -0.2) is 4.79 Å². The lowest BCUT2D eigenvalue weighted by Gasteiger charge is -2.45. The van der Waals surface area contributed by atoms with E-state index >= 15 is 0 Å². The third-order valence-electron chi connectivity index (χ3n) is 6.82. The Labute approximate surface area is 192 Å². The quantitative estimate of drug-likeness (QED) is 0.236. The lowest BCUT2D eigenvalue weighted by Crippen LogP contribution is -2.67. The van der Waals surface area contributed by atoms with Gasteiger partial charge in [0, 0.05) is 0 Å². The van der Waals surface area contributed by atoms with Crippen LogP contribution in [0.5, 0.6) is 5.75 Å². The lowest BCUT2D eigenvalue weighted by atomic mass is 9.75. The molecule has 0 bridgehead atoms. The van der Waals surface area contributed by atoms with Crippen LogP contribution in [-0.4, -0.2) is 110 Å². The summed E-state index contributed by atoms with van der Waals surface area (Å²) in [5.74, 6) is -5.28. The van der Waals surface area contributed by atoms with E-state index in [1.54, 1.807) is 0 Å². The van der Waals surface area contributed by atoms with E-state index in [4.69, 9.17) is 23.7 Å². The van der Waals surface area contributed by atoms with Gasteiger partial charge in [0.15, 0.2) is 12.4 Å². The van der Waals surface area contributed by atoms with E-state index in [1.165, 1.54) is 24.3 Å². The van der Waals surface area contributed by atoms with Gasteiger partial charge in [-0.2, -0.15) is 0 Å². The minimum absolute atomic E-state index is 0.0604. The SMILES string of the molecule is O=C1C[C@H](c2ccc(O)cc2)[C@]2(O1)C(=O)O[C@@H]1[C@@H](O)CO[C@@]12O[C@H]1O[C@H](CO)[C@@H](O)[C@H](O)[C@H]1O. The van der Waals surface area contributed by atoms with Crippen LogP contribution in [0.2, 0.25) is 0 Å². The molecule has 0 unspecified atom stereocenters. The minimum atomic E-state index is -2.31. The van der Waals surface area contributed by atoms with Crippen molar-refractivity contribution < 1.29 is 63.9 Å². The smallest absolute Gasteiger partial charge is 0.357 e. The van der Waals surface area contributed by atoms with Crippen molar-refractivity contribution in [3.05, 3.63) is 29.8 Å². The molecule has 0 aliphatic carbocycles. The highest BCUT2D eigenvalue weighted by Crippen LogP contribution is 2.58. The molecule has 6 N–H and O–H groups in total. The largest absolute Gasteiger partial charge is 0.508 e. The van der Waals surface area contributed by atoms with Crippen LogP contribution >= 0.6 is 0 Å². The van der Waals surface area contributed by atoms with Gasteiger partial charge >= 0.3 is 11.9 Å². The summed E-state index contributed by atoms with van der Waals surface area (Å²) in [4.78, 5) is 25.8. The fraction of sp³-hybridized carbons (Fsp3) is 0.619. The first-order valence-electron chi connectivity index (χ1n) is 10.7. The normalized spacial score (nSPS) is 45.9. The summed E-state index contributed by atoms with van der Waals surface area (Å²) < 4.78 is 28.0. The number of aliphatic hydroxyl groups excluding tert-OH is 5. The molecule has 4 saturated heterocycles. The molecule has 5 rings (SSSR count). The van der Waals surface area contributed by atoms with Crippen LogP contribution in [0.1, 0.15) is 17.9 Å². The van der Waals surface area contributed by atoms with Crippen LogP contribution < -0.4 is 0 Å². The number of benzene rings is 1. The number of carbonyl (C=O) groups is 2. The molecule has 1 aromatic carbocycles. The third kappa shape index (κ3) is 3.09. The number of aromatic hydroxyl groups is 1. The van der Waals surface area contributed by atoms with Crippen molar-refractivity contribution in [3.63, 3.8) is 0 Å². The zero-order valence-electron chi connectivity index (χ0n) is 17.6. The number of hydrogen-bond acceptors (Lipinski definition) is 13. The lowest BCUT2D eigenvalue weighted by molar-refractivity contribution is -0.389. The van der Waals surface area contributed by atoms with Gasteiger partial charge in [0.25, 0.3) is 11.4 Å². The van der Waals surface area contributed by atoms with Crippen LogP contribution in [-0.2, 0) is 33.3 Å². The van der Waals surface area contributed by atoms with Crippen LogP contribution in [0, 0.1) is 0 Å². The second-order valence-electron chi connectivity index (χ2n) is 8.74. The summed E-state index contributed by atoms with van der Waals surface area (Å²) in [5.41, 5.74) is -1.88. The molecule has 10 atom stereocenters. The topological polar surface area (TPSA) is 202 Å². The Morgan fingerprint density at radius 3 is 2.41 bits per heavy atom. The molecule has 0 aromatic heterocycles. The molecule has 4 aliphatic heterocycles. The fourth-order valence-corrected chi connectivity index (χ4v) is 5.14. The second-order valence-corrected chi connectivity index (χ2v) is 8.74. The number of phenols is 1. The standard InChI is InChI=1S/C21H24O13/c22-6-12-14(26)15(27)16(28)18(31-12)34-21-17(11(24)7-30-21)32-19(29)20(21)10(5-13(25)33-20)8-1-3-9(23)4-2-8/h1-4,10-12,14-18,22-24,26-28H,5-7H2/t10-,11+,12-,14-,15+,16-,17-,18-,20+,21-/m1/s1. The predicted molar refractivity (Wildman–Crippen MR) is 104 cm³/mol. The highest BCUT2D eigenvalue weighted by molar-refractivity contribution is 5.92. The van der Waals surface area contributed by atoms with Crippen LogP contribution in [0.4, 0.5) is 0 Å². The Bertz CT molecular complexity index is 966. The summed E-state index contributed by atoms with van der Waals surface area (Å²) in [6.07, 6.45) is -11.7. The Balaban J connectivity index is 1.60. The van der Waals surface area contributed by atoms with E-state index < -0.39 is 85.4 Å². The fourth-order valence-electron chi connectivity index (χ4n) is 5.14. The summed E-state index contributed by atoms with van der Waals surface area (Å²) in [5, 5.41) is 60.4. The average Bonchev–Trinajstić information content (AvgIpc) is 3.41. The number of fused-ring (bicyclic) bond motifs is 2. The Morgan fingerprint density at radius 1 is 1.03 bits per heavy atom. The molecule has 186 valence electrons. The molecule has 1 aromatic rings. The maximum absolute atomic E-state index is 13.3. The average molecular weight is 484 g/mol. The van der Waals surface area contributed by atoms with E-state index in [-0.39, 0.29) is 12.2 Å². The van der Waals surface area contributed by atoms with Crippen molar-refractivity contribution in [2.75, 3.05) is 13.2 Å². The number of ether oxygens (including phenoxy) is 5. The van der Waals surface area contributed by atoms with E-state index in [1.807, 2.05) is 0 Å². The number of phenolic OH excluding ortho intramolecular Hbond substituents is 1. The first kappa shape index (κ1) is 23.4. The van der Waals surface area contributed by atoms with Gasteiger partial charge in [0.2, 0.25) is 0 Å². The molecule has 0 radical (unpaired) electrons. The van der Waals surface area contributed by atoms with Gasteiger partial charge in [-0.1, -0.05) is 12.1 Å². The second kappa shape index (κ2) is 8.10. The number of carbonyl (C=O) groups excluding carboxylic acids is 2. The summed E-state index contributed by atoms with van der Waals surface area (Å²) in [7, 11) is 0. The predicted octanol–water partition coefficient (Wildman–Crippen LogP) is -3.01. The van der Waals surface area contributed by atoms with Gasteiger partial charge in [-0.15, -0.1) is 0 Å². The zero-order chi connectivity index (χ0) is 24.4. The molecular weight excluding hydrogens is 460 g/mol. The molecule has 4 aliphatic rings. The van der Waals surface area contributed by atoms with E-state index in [2.05, 4.69) is 0 Å². The summed E-state index contributed by atoms with van der Waals surface area (Å²) in [6.45, 7) is -1.13. The summed E-state index contributed by atoms with van der Waals surface area (Å²) >= 11 is 0. The van der Waals surface area contributed by atoms with Crippen molar-refractivity contribution in [2.45, 2.75) is 66.6 Å². The number of esters is 2. The summed E-state index contributed by atoms with van der Waals surface area (Å²) in [6, 6.07) is 5.63. The number of rotatable bonds is 4. The number of hydrogen-bond donors (Lipinski definition) is 6. The van der Waals surface area contributed by atoms with Gasteiger partial charge < -0.3 is 54.3 Å². The minimum Gasteiger partial charge on any atom is -0.508 e.